The van der Waals surface area contributed by atoms with E-state index < -0.39 is 0 Å². The molecule has 2 unspecified atom stereocenters. The second-order valence-electron chi connectivity index (χ2n) is 6.45. The molecule has 4 heteroatoms. The Balaban J connectivity index is 1.40. The number of benzene rings is 1. The minimum Gasteiger partial charge on any atom is -0.356 e. The Bertz CT molecular complexity index is 513. The highest BCUT2D eigenvalue weighted by Crippen LogP contribution is 2.32. The molecule has 1 N–H and O–H groups in total. The monoisotopic (exact) mass is 284 g/mol. The lowest BCUT2D eigenvalue weighted by Crippen LogP contribution is -2.52. The van der Waals surface area contributed by atoms with Crippen LogP contribution in [0.15, 0.2) is 35.3 Å². The summed E-state index contributed by atoms with van der Waals surface area (Å²) >= 11 is 0. The molecule has 2 fully saturated rings. The second kappa shape index (κ2) is 5.68. The number of fused-ring (bicyclic) bond motifs is 2. The Morgan fingerprint density at radius 3 is 2.81 bits per heavy atom. The van der Waals surface area contributed by atoms with E-state index in [1.54, 1.807) is 0 Å². The largest absolute Gasteiger partial charge is 0.356 e. The Hall–Kier alpha value is -1.55. The first-order valence-corrected chi connectivity index (χ1v) is 8.23. The van der Waals surface area contributed by atoms with Gasteiger partial charge >= 0.3 is 0 Å². The van der Waals surface area contributed by atoms with Gasteiger partial charge < -0.3 is 10.2 Å². The summed E-state index contributed by atoms with van der Waals surface area (Å²) in [6.07, 6.45) is 3.77. The number of piperazine rings is 1. The van der Waals surface area contributed by atoms with Gasteiger partial charge in [-0.05, 0) is 24.8 Å². The highest BCUT2D eigenvalue weighted by molar-refractivity contribution is 5.81. The Morgan fingerprint density at radius 1 is 1.10 bits per heavy atom. The first kappa shape index (κ1) is 13.1. The maximum absolute atomic E-state index is 4.75. The second-order valence-corrected chi connectivity index (χ2v) is 6.45. The molecule has 112 valence electrons. The predicted molar refractivity (Wildman–Crippen MR) is 85.3 cm³/mol. The molecule has 3 aliphatic rings. The Labute approximate surface area is 126 Å². The molecule has 4 rings (SSSR count). The van der Waals surface area contributed by atoms with Gasteiger partial charge in [-0.3, -0.25) is 9.89 Å². The summed E-state index contributed by atoms with van der Waals surface area (Å²) < 4.78 is 0. The molecule has 0 saturated carbocycles. The van der Waals surface area contributed by atoms with Crippen LogP contribution < -0.4 is 5.32 Å². The zero-order valence-corrected chi connectivity index (χ0v) is 12.5. The summed E-state index contributed by atoms with van der Waals surface area (Å²) in [7, 11) is 0. The van der Waals surface area contributed by atoms with Crippen molar-refractivity contribution in [3.8, 4) is 0 Å². The molecule has 0 aromatic heterocycles. The molecule has 3 aliphatic heterocycles. The van der Waals surface area contributed by atoms with Crippen LogP contribution in [0.4, 0.5) is 0 Å². The van der Waals surface area contributed by atoms with Crippen LogP contribution in [0, 0.1) is 0 Å². The highest BCUT2D eigenvalue weighted by Gasteiger charge is 2.44. The van der Waals surface area contributed by atoms with Crippen LogP contribution in [-0.2, 0) is 6.54 Å². The maximum atomic E-state index is 4.75. The van der Waals surface area contributed by atoms with E-state index in [4.69, 9.17) is 4.99 Å². The fourth-order valence-corrected chi connectivity index (χ4v) is 3.89. The smallest absolute Gasteiger partial charge is 0.194 e. The Morgan fingerprint density at radius 2 is 2.00 bits per heavy atom. The molecule has 21 heavy (non-hydrogen) atoms. The van der Waals surface area contributed by atoms with Gasteiger partial charge in [0, 0.05) is 44.8 Å². The molecular weight excluding hydrogens is 260 g/mol. The minimum absolute atomic E-state index is 0.656. The summed E-state index contributed by atoms with van der Waals surface area (Å²) in [4.78, 5) is 9.92. The van der Waals surface area contributed by atoms with Crippen LogP contribution in [-0.4, -0.2) is 54.0 Å². The number of hydrogen-bond acceptors (Lipinski definition) is 4. The molecule has 3 heterocycles. The van der Waals surface area contributed by atoms with Gasteiger partial charge in [0.2, 0.25) is 0 Å². The highest BCUT2D eigenvalue weighted by atomic mass is 15.4. The van der Waals surface area contributed by atoms with Crippen molar-refractivity contribution in [1.29, 1.82) is 0 Å². The number of rotatable bonds is 2. The summed E-state index contributed by atoms with van der Waals surface area (Å²) in [6, 6.07) is 12.2. The van der Waals surface area contributed by atoms with Crippen molar-refractivity contribution in [2.24, 2.45) is 4.99 Å². The van der Waals surface area contributed by atoms with E-state index in [0.717, 1.165) is 26.2 Å². The van der Waals surface area contributed by atoms with Gasteiger partial charge in [-0.2, -0.15) is 0 Å². The van der Waals surface area contributed by atoms with Crippen LogP contribution in [0.25, 0.3) is 0 Å². The third-order valence-corrected chi connectivity index (χ3v) is 4.98. The lowest BCUT2D eigenvalue weighted by atomic mass is 10.2. The summed E-state index contributed by atoms with van der Waals surface area (Å²) in [6.45, 7) is 5.49. The van der Waals surface area contributed by atoms with Crippen LogP contribution >= 0.6 is 0 Å². The van der Waals surface area contributed by atoms with Crippen molar-refractivity contribution >= 4 is 5.96 Å². The first-order chi connectivity index (χ1) is 10.4. The third-order valence-electron chi connectivity index (χ3n) is 4.98. The molecule has 0 spiro atoms. The predicted octanol–water partition coefficient (Wildman–Crippen LogP) is 1.68. The molecule has 1 aromatic rings. The zero-order chi connectivity index (χ0) is 14.1. The van der Waals surface area contributed by atoms with Gasteiger partial charge in [0.05, 0.1) is 0 Å². The summed E-state index contributed by atoms with van der Waals surface area (Å²) in [5.74, 6) is 1.17. The topological polar surface area (TPSA) is 30.9 Å². The van der Waals surface area contributed by atoms with Crippen LogP contribution in [0.5, 0.6) is 0 Å². The van der Waals surface area contributed by atoms with Crippen LogP contribution in [0.1, 0.15) is 24.8 Å². The molecule has 2 bridgehead atoms. The number of nitrogens with zero attached hydrogens (tertiary/aromatic N) is 3. The molecule has 0 amide bonds. The van der Waals surface area contributed by atoms with Gasteiger partial charge in [0.1, 0.15) is 0 Å². The zero-order valence-electron chi connectivity index (χ0n) is 12.5. The van der Waals surface area contributed by atoms with E-state index in [1.165, 1.54) is 37.3 Å². The van der Waals surface area contributed by atoms with E-state index in [0.29, 0.717) is 12.1 Å². The summed E-state index contributed by atoms with van der Waals surface area (Å²) in [5.41, 5.74) is 1.43. The average molecular weight is 284 g/mol. The number of guanidine groups is 1. The van der Waals surface area contributed by atoms with Crippen molar-refractivity contribution in [3.05, 3.63) is 35.9 Å². The van der Waals surface area contributed by atoms with Crippen molar-refractivity contribution in [2.45, 2.75) is 37.9 Å². The van der Waals surface area contributed by atoms with Gasteiger partial charge in [-0.1, -0.05) is 30.3 Å². The van der Waals surface area contributed by atoms with Gasteiger partial charge in [0.15, 0.2) is 5.96 Å². The van der Waals surface area contributed by atoms with Gasteiger partial charge in [-0.25, -0.2) is 0 Å². The van der Waals surface area contributed by atoms with Crippen molar-refractivity contribution in [3.63, 3.8) is 0 Å². The van der Waals surface area contributed by atoms with E-state index in [9.17, 15) is 0 Å². The molecule has 2 atom stereocenters. The van der Waals surface area contributed by atoms with Crippen molar-refractivity contribution in [1.82, 2.24) is 15.1 Å². The van der Waals surface area contributed by atoms with E-state index in [2.05, 4.69) is 45.4 Å². The molecule has 2 saturated heterocycles. The van der Waals surface area contributed by atoms with E-state index in [-0.39, 0.29) is 0 Å². The fraction of sp³-hybridized carbons (Fsp3) is 0.588. The SMILES string of the molecule is c1ccc(CN2CC3CC2CN3C2=NCCCCN2)cc1. The maximum Gasteiger partial charge on any atom is 0.194 e. The van der Waals surface area contributed by atoms with Crippen LogP contribution in [0.2, 0.25) is 0 Å². The standard InChI is InChI=1S/C17H24N4/c1-2-6-14(7-3-1)11-20-12-16-10-15(20)13-21(16)17-18-8-4-5-9-19-17/h1-3,6-7,15-16H,4-5,8-13H2,(H,18,19). The normalized spacial score (nSPS) is 29.1. The quantitative estimate of drug-likeness (QED) is 0.896. The fourth-order valence-electron chi connectivity index (χ4n) is 3.89. The molecule has 1 aromatic carbocycles. The summed E-state index contributed by atoms with van der Waals surface area (Å²) in [5, 5.41) is 3.53. The minimum atomic E-state index is 0.656. The van der Waals surface area contributed by atoms with E-state index >= 15 is 0 Å². The lowest BCUT2D eigenvalue weighted by Gasteiger charge is -2.36. The average Bonchev–Trinajstić information content (AvgIpc) is 2.98. The first-order valence-electron chi connectivity index (χ1n) is 8.23. The third kappa shape index (κ3) is 2.64. The van der Waals surface area contributed by atoms with Crippen molar-refractivity contribution in [2.75, 3.05) is 26.2 Å². The number of hydrogen-bond donors (Lipinski definition) is 1. The number of likely N-dealkylation sites (tertiary alicyclic amines) is 2. The lowest BCUT2D eigenvalue weighted by molar-refractivity contribution is 0.166. The molecular formula is C17H24N4. The molecule has 4 nitrogen and oxygen atoms in total. The van der Waals surface area contributed by atoms with E-state index in [1.807, 2.05) is 0 Å². The molecule has 0 aliphatic carbocycles. The Kier molecular flexibility index (Phi) is 3.55. The molecule has 0 radical (unpaired) electrons. The number of aliphatic imine (C=N–C) groups is 1. The van der Waals surface area contributed by atoms with Crippen LogP contribution in [0.3, 0.4) is 0 Å². The van der Waals surface area contributed by atoms with Crippen molar-refractivity contribution < 1.29 is 0 Å². The van der Waals surface area contributed by atoms with Gasteiger partial charge in [-0.15, -0.1) is 0 Å². The number of nitrogens with one attached hydrogen (secondary N) is 1. The van der Waals surface area contributed by atoms with Gasteiger partial charge in [0.25, 0.3) is 0 Å².